The Hall–Kier alpha value is -0.120. The van der Waals surface area contributed by atoms with Crippen molar-refractivity contribution >= 4 is 0 Å². The lowest BCUT2D eigenvalue weighted by Gasteiger charge is -2.46. The zero-order valence-corrected chi connectivity index (χ0v) is 14.5. The van der Waals surface area contributed by atoms with Crippen molar-refractivity contribution in [2.45, 2.75) is 89.3 Å². The molecule has 2 saturated carbocycles. The Balaban J connectivity index is 1.56. The van der Waals surface area contributed by atoms with Gasteiger partial charge < -0.3 is 10.4 Å². The normalized spacial score (nSPS) is 33.5. The van der Waals surface area contributed by atoms with Crippen molar-refractivity contribution in [1.82, 2.24) is 10.2 Å². The van der Waals surface area contributed by atoms with Crippen molar-refractivity contribution in [1.29, 1.82) is 0 Å². The molecule has 2 aliphatic carbocycles. The Morgan fingerprint density at radius 2 is 1.77 bits per heavy atom. The summed E-state index contributed by atoms with van der Waals surface area (Å²) in [4.78, 5) is 2.74. The van der Waals surface area contributed by atoms with E-state index in [2.05, 4.69) is 17.1 Å². The lowest BCUT2D eigenvalue weighted by atomic mass is 9.78. The van der Waals surface area contributed by atoms with E-state index in [-0.39, 0.29) is 0 Å². The van der Waals surface area contributed by atoms with Crippen LogP contribution < -0.4 is 5.32 Å². The standard InChI is InChI=1S/C19H36N2O/c1-15(17-6-5-7-17)21-13-16(10-11-22)12-19(14-21)20-18-8-3-2-4-9-18/h15-20,22H,2-14H2,1H3. The molecule has 0 aromatic heterocycles. The number of hydrogen-bond donors (Lipinski definition) is 2. The van der Waals surface area contributed by atoms with Crippen LogP contribution in [0.15, 0.2) is 0 Å². The highest BCUT2D eigenvalue weighted by molar-refractivity contribution is 4.91. The third kappa shape index (κ3) is 4.24. The number of likely N-dealkylation sites (tertiary alicyclic amines) is 1. The number of rotatable bonds is 6. The Bertz CT molecular complexity index is 325. The molecule has 1 heterocycles. The van der Waals surface area contributed by atoms with Gasteiger partial charge in [0.15, 0.2) is 0 Å². The second-order valence-electron chi connectivity index (χ2n) is 8.20. The van der Waals surface area contributed by atoms with Crippen LogP contribution in [0.4, 0.5) is 0 Å². The summed E-state index contributed by atoms with van der Waals surface area (Å²) in [5, 5.41) is 13.4. The largest absolute Gasteiger partial charge is 0.396 e. The van der Waals surface area contributed by atoms with Gasteiger partial charge in [-0.1, -0.05) is 25.7 Å². The molecule has 3 fully saturated rings. The number of nitrogens with zero attached hydrogens (tertiary/aromatic N) is 1. The highest BCUT2D eigenvalue weighted by Gasteiger charge is 2.35. The third-order valence-electron chi connectivity index (χ3n) is 6.59. The summed E-state index contributed by atoms with van der Waals surface area (Å²) < 4.78 is 0. The topological polar surface area (TPSA) is 35.5 Å². The van der Waals surface area contributed by atoms with Gasteiger partial charge in [0.1, 0.15) is 0 Å². The lowest BCUT2D eigenvalue weighted by Crippen LogP contribution is -2.56. The van der Waals surface area contributed by atoms with Gasteiger partial charge in [-0.05, 0) is 57.3 Å². The van der Waals surface area contributed by atoms with E-state index in [1.54, 1.807) is 0 Å². The lowest BCUT2D eigenvalue weighted by molar-refractivity contribution is 0.0414. The molecule has 1 aliphatic heterocycles. The molecule has 0 amide bonds. The van der Waals surface area contributed by atoms with Gasteiger partial charge >= 0.3 is 0 Å². The van der Waals surface area contributed by atoms with Crippen molar-refractivity contribution in [2.24, 2.45) is 11.8 Å². The minimum absolute atomic E-state index is 0.354. The molecule has 3 rings (SSSR count). The zero-order chi connectivity index (χ0) is 15.4. The van der Waals surface area contributed by atoms with E-state index in [1.807, 2.05) is 0 Å². The minimum Gasteiger partial charge on any atom is -0.396 e. The molecule has 22 heavy (non-hydrogen) atoms. The van der Waals surface area contributed by atoms with Gasteiger partial charge in [0.25, 0.3) is 0 Å². The minimum atomic E-state index is 0.354. The van der Waals surface area contributed by atoms with Crippen molar-refractivity contribution in [2.75, 3.05) is 19.7 Å². The highest BCUT2D eigenvalue weighted by atomic mass is 16.3. The average molecular weight is 309 g/mol. The Morgan fingerprint density at radius 3 is 2.41 bits per heavy atom. The van der Waals surface area contributed by atoms with Crippen molar-refractivity contribution in [3.05, 3.63) is 0 Å². The summed E-state index contributed by atoms with van der Waals surface area (Å²) in [6, 6.07) is 2.15. The number of hydrogen-bond acceptors (Lipinski definition) is 3. The Morgan fingerprint density at radius 1 is 1.00 bits per heavy atom. The molecule has 0 aromatic rings. The van der Waals surface area contributed by atoms with Gasteiger partial charge in [-0.3, -0.25) is 4.90 Å². The number of aliphatic hydroxyl groups is 1. The fraction of sp³-hybridized carbons (Fsp3) is 1.00. The van der Waals surface area contributed by atoms with Crippen molar-refractivity contribution < 1.29 is 5.11 Å². The summed E-state index contributed by atoms with van der Waals surface area (Å²) in [7, 11) is 0. The summed E-state index contributed by atoms with van der Waals surface area (Å²) in [5.41, 5.74) is 0. The van der Waals surface area contributed by atoms with E-state index in [1.165, 1.54) is 70.9 Å². The van der Waals surface area contributed by atoms with E-state index in [0.717, 1.165) is 24.4 Å². The smallest absolute Gasteiger partial charge is 0.0434 e. The maximum Gasteiger partial charge on any atom is 0.0434 e. The summed E-state index contributed by atoms with van der Waals surface area (Å²) in [6.07, 6.45) is 13.6. The Labute approximate surface area is 136 Å². The van der Waals surface area contributed by atoms with E-state index in [4.69, 9.17) is 0 Å². The highest BCUT2D eigenvalue weighted by Crippen LogP contribution is 2.34. The molecule has 3 heteroatoms. The predicted octanol–water partition coefficient (Wildman–Crippen LogP) is 3.17. The molecule has 3 aliphatic rings. The molecule has 0 bridgehead atoms. The molecular formula is C19H36N2O. The van der Waals surface area contributed by atoms with Gasteiger partial charge in [0, 0.05) is 37.8 Å². The van der Waals surface area contributed by atoms with E-state index in [9.17, 15) is 5.11 Å². The van der Waals surface area contributed by atoms with Gasteiger partial charge in [-0.2, -0.15) is 0 Å². The van der Waals surface area contributed by atoms with E-state index >= 15 is 0 Å². The van der Waals surface area contributed by atoms with Crippen LogP contribution in [0.3, 0.4) is 0 Å². The quantitative estimate of drug-likeness (QED) is 0.791. The molecule has 3 unspecified atom stereocenters. The molecule has 2 N–H and O–H groups in total. The Kier molecular flexibility index (Phi) is 6.17. The predicted molar refractivity (Wildman–Crippen MR) is 92.0 cm³/mol. The second kappa shape index (κ2) is 8.12. The fourth-order valence-electron chi connectivity index (χ4n) is 4.91. The zero-order valence-electron chi connectivity index (χ0n) is 14.5. The monoisotopic (exact) mass is 308 g/mol. The van der Waals surface area contributed by atoms with Gasteiger partial charge in [-0.25, -0.2) is 0 Å². The molecule has 3 atom stereocenters. The maximum atomic E-state index is 9.38. The van der Waals surface area contributed by atoms with Crippen LogP contribution in [-0.2, 0) is 0 Å². The summed E-state index contributed by atoms with van der Waals surface area (Å²) in [5.74, 6) is 1.62. The first-order valence-corrected chi connectivity index (χ1v) is 9.87. The summed E-state index contributed by atoms with van der Waals surface area (Å²) >= 11 is 0. The second-order valence-corrected chi connectivity index (χ2v) is 8.20. The van der Waals surface area contributed by atoms with Crippen LogP contribution in [-0.4, -0.2) is 47.8 Å². The van der Waals surface area contributed by atoms with Gasteiger partial charge in [0.05, 0.1) is 0 Å². The molecule has 1 saturated heterocycles. The van der Waals surface area contributed by atoms with Gasteiger partial charge in [0.2, 0.25) is 0 Å². The van der Waals surface area contributed by atoms with Crippen LogP contribution in [0.1, 0.15) is 71.1 Å². The number of piperidine rings is 1. The first-order valence-electron chi connectivity index (χ1n) is 9.87. The molecule has 0 radical (unpaired) electrons. The molecule has 128 valence electrons. The maximum absolute atomic E-state index is 9.38. The first-order chi connectivity index (χ1) is 10.8. The van der Waals surface area contributed by atoms with Gasteiger partial charge in [-0.15, -0.1) is 0 Å². The summed E-state index contributed by atoms with van der Waals surface area (Å²) in [6.45, 7) is 5.24. The average Bonchev–Trinajstić information content (AvgIpc) is 2.46. The number of aliphatic hydroxyl groups excluding tert-OH is 1. The molecular weight excluding hydrogens is 272 g/mol. The van der Waals surface area contributed by atoms with Crippen LogP contribution in [0.25, 0.3) is 0 Å². The fourth-order valence-corrected chi connectivity index (χ4v) is 4.91. The molecule has 0 spiro atoms. The molecule has 0 aromatic carbocycles. The number of nitrogens with one attached hydrogen (secondary N) is 1. The SMILES string of the molecule is CC(C1CCC1)N1CC(CCO)CC(NC2CCCCC2)C1. The first kappa shape index (κ1) is 16.7. The van der Waals surface area contributed by atoms with E-state index < -0.39 is 0 Å². The van der Waals surface area contributed by atoms with Crippen LogP contribution >= 0.6 is 0 Å². The van der Waals surface area contributed by atoms with E-state index in [0.29, 0.717) is 18.6 Å². The van der Waals surface area contributed by atoms with Crippen LogP contribution in [0.5, 0.6) is 0 Å². The van der Waals surface area contributed by atoms with Crippen molar-refractivity contribution in [3.8, 4) is 0 Å². The molecule has 3 nitrogen and oxygen atoms in total. The van der Waals surface area contributed by atoms with Crippen LogP contribution in [0.2, 0.25) is 0 Å². The third-order valence-corrected chi connectivity index (χ3v) is 6.59. The van der Waals surface area contributed by atoms with Crippen LogP contribution in [0, 0.1) is 11.8 Å². The van der Waals surface area contributed by atoms with Crippen molar-refractivity contribution in [3.63, 3.8) is 0 Å².